The van der Waals surface area contributed by atoms with Crippen LogP contribution in [0.5, 0.6) is 5.75 Å². The van der Waals surface area contributed by atoms with Crippen LogP contribution >= 0.6 is 11.3 Å². The molecule has 3 aromatic rings. The number of hydrazine groups is 1. The number of hydrogen-bond acceptors (Lipinski definition) is 9. The molecule has 2 heterocycles. The van der Waals surface area contributed by atoms with Gasteiger partial charge in [0.05, 0.1) is 16.8 Å². The lowest BCUT2D eigenvalue weighted by atomic mass is 9.63. The molecule has 2 bridgehead atoms. The Kier molecular flexibility index (Phi) is 6.31. The molecule has 43 heavy (non-hydrogen) atoms. The minimum Gasteiger partial charge on any atom is -0.422 e. The molecule has 1 aliphatic heterocycles. The molecule has 216 valence electrons. The second-order valence-electron chi connectivity index (χ2n) is 11.1. The van der Waals surface area contributed by atoms with E-state index in [9.17, 15) is 34.1 Å². The largest absolute Gasteiger partial charge is 0.422 e. The molecule has 6 atom stereocenters. The number of Topliss-reactive ketones (excluding diaryl/α,β-unsaturated/α-hetero) is 1. The number of thiophene rings is 1. The predicted octanol–water partition coefficient (Wildman–Crippen LogP) is 4.17. The number of imide groups is 1. The van der Waals surface area contributed by atoms with Crippen LogP contribution in [0.25, 0.3) is 0 Å². The monoisotopic (exact) mass is 597 g/mol. The van der Waals surface area contributed by atoms with Crippen molar-refractivity contribution in [3.05, 3.63) is 104 Å². The first-order valence-electron chi connectivity index (χ1n) is 13.7. The van der Waals surface area contributed by atoms with Crippen LogP contribution in [0.4, 0.5) is 5.69 Å². The van der Waals surface area contributed by atoms with Gasteiger partial charge < -0.3 is 4.74 Å². The van der Waals surface area contributed by atoms with E-state index in [0.29, 0.717) is 16.7 Å². The number of non-ortho nitro benzene ring substituents is 1. The molecule has 5 aliphatic rings. The van der Waals surface area contributed by atoms with Gasteiger partial charge in [-0.25, -0.2) is 9.80 Å². The number of carbonyl (C=O) groups excluding carboxylic acids is 5. The van der Waals surface area contributed by atoms with Crippen molar-refractivity contribution in [1.82, 2.24) is 10.0 Å². The predicted molar refractivity (Wildman–Crippen MR) is 151 cm³/mol. The van der Waals surface area contributed by atoms with Crippen molar-refractivity contribution in [3.8, 4) is 5.75 Å². The molecule has 11 nitrogen and oxygen atoms in total. The van der Waals surface area contributed by atoms with Crippen LogP contribution in [0.1, 0.15) is 36.8 Å². The van der Waals surface area contributed by atoms with E-state index in [1.807, 2.05) is 12.2 Å². The van der Waals surface area contributed by atoms with E-state index >= 15 is 0 Å². The fraction of sp³-hybridized carbons (Fsp3) is 0.258. The summed E-state index contributed by atoms with van der Waals surface area (Å²) >= 11 is 1.23. The van der Waals surface area contributed by atoms with Crippen LogP contribution in [-0.2, 0) is 9.59 Å². The zero-order chi connectivity index (χ0) is 30.0. The minimum atomic E-state index is -0.810. The van der Waals surface area contributed by atoms with Crippen molar-refractivity contribution in [2.75, 3.05) is 6.54 Å². The zero-order valence-electron chi connectivity index (χ0n) is 22.4. The molecular formula is C31H23N3O8S. The lowest BCUT2D eigenvalue weighted by molar-refractivity contribution is -0.384. The highest BCUT2D eigenvalue weighted by Crippen LogP contribution is 2.65. The standard InChI is InChI=1S/C31H23N3O8S/c35-24(16-5-9-19(10-6-16)42-31(39)25-2-1-13-43-25)15-32(28(36)17-3-7-18(8-4-17)34(40)41)33-29(37)26-20-11-12-21(23-14-22(20)23)27(26)30(33)38/h1-13,20-23,26-27H,14-15H2/t20-,21-,22-,23+,26+,27+/m0/s1. The summed E-state index contributed by atoms with van der Waals surface area (Å²) in [7, 11) is 0. The highest BCUT2D eigenvalue weighted by atomic mass is 32.1. The quantitative estimate of drug-likeness (QED) is 0.0716. The van der Waals surface area contributed by atoms with E-state index in [4.69, 9.17) is 4.74 Å². The van der Waals surface area contributed by atoms with Gasteiger partial charge in [-0.3, -0.25) is 29.3 Å². The number of benzene rings is 2. The number of rotatable bonds is 8. The average Bonchev–Trinajstić information content (AvgIpc) is 3.58. The first kappa shape index (κ1) is 26.9. The van der Waals surface area contributed by atoms with Crippen molar-refractivity contribution in [3.63, 3.8) is 0 Å². The second-order valence-corrected chi connectivity index (χ2v) is 12.1. The van der Waals surface area contributed by atoms with Gasteiger partial charge in [-0.2, -0.15) is 5.01 Å². The molecule has 2 saturated carbocycles. The number of allylic oxidation sites excluding steroid dienone is 2. The maximum Gasteiger partial charge on any atom is 0.353 e. The Hall–Kier alpha value is -4.97. The molecule has 0 unspecified atom stereocenters. The van der Waals surface area contributed by atoms with Crippen LogP contribution in [0.15, 0.2) is 78.2 Å². The maximum atomic E-state index is 13.8. The molecule has 1 saturated heterocycles. The lowest BCUT2D eigenvalue weighted by Crippen LogP contribution is -2.52. The molecule has 3 fully saturated rings. The van der Waals surface area contributed by atoms with Gasteiger partial charge >= 0.3 is 5.97 Å². The van der Waals surface area contributed by atoms with E-state index < -0.39 is 52.8 Å². The van der Waals surface area contributed by atoms with Crippen LogP contribution in [-0.4, -0.2) is 51.0 Å². The van der Waals surface area contributed by atoms with Gasteiger partial charge in [0.2, 0.25) is 0 Å². The first-order valence-corrected chi connectivity index (χ1v) is 14.6. The second kappa shape index (κ2) is 10.1. The van der Waals surface area contributed by atoms with Crippen LogP contribution in [0.3, 0.4) is 0 Å². The normalized spacial score (nSPS) is 26.1. The van der Waals surface area contributed by atoms with Crippen LogP contribution in [0.2, 0.25) is 0 Å². The highest BCUT2D eigenvalue weighted by Gasteiger charge is 2.68. The van der Waals surface area contributed by atoms with Gasteiger partial charge in [0, 0.05) is 23.3 Å². The number of nitrogens with zero attached hydrogens (tertiary/aromatic N) is 3. The molecule has 8 rings (SSSR count). The van der Waals surface area contributed by atoms with E-state index in [1.54, 1.807) is 17.5 Å². The fourth-order valence-electron chi connectivity index (χ4n) is 6.78. The molecule has 3 amide bonds. The summed E-state index contributed by atoms with van der Waals surface area (Å²) in [6.07, 6.45) is 4.99. The molecule has 0 spiro atoms. The number of hydrogen-bond donors (Lipinski definition) is 0. The number of carbonyl (C=O) groups is 5. The van der Waals surface area contributed by atoms with Gasteiger partial charge in [-0.05, 0) is 77.9 Å². The molecular weight excluding hydrogens is 574 g/mol. The van der Waals surface area contributed by atoms with Gasteiger partial charge in [0.25, 0.3) is 23.4 Å². The number of nitro benzene ring substituents is 1. The molecule has 1 aromatic heterocycles. The summed E-state index contributed by atoms with van der Waals surface area (Å²) in [5.41, 5.74) is -0.0918. The Bertz CT molecular complexity index is 1680. The topological polar surface area (TPSA) is 144 Å². The molecule has 2 aromatic carbocycles. The highest BCUT2D eigenvalue weighted by molar-refractivity contribution is 7.12. The maximum absolute atomic E-state index is 13.8. The Morgan fingerprint density at radius 1 is 0.907 bits per heavy atom. The third-order valence-electron chi connectivity index (χ3n) is 8.84. The summed E-state index contributed by atoms with van der Waals surface area (Å²) in [5.74, 6) is -3.39. The van der Waals surface area contributed by atoms with Crippen molar-refractivity contribution >= 4 is 46.5 Å². The van der Waals surface area contributed by atoms with Gasteiger partial charge in [-0.1, -0.05) is 18.2 Å². The Morgan fingerprint density at radius 2 is 1.51 bits per heavy atom. The van der Waals surface area contributed by atoms with Crippen molar-refractivity contribution in [1.29, 1.82) is 0 Å². The van der Waals surface area contributed by atoms with Crippen molar-refractivity contribution in [2.45, 2.75) is 6.42 Å². The third kappa shape index (κ3) is 4.45. The first-order chi connectivity index (χ1) is 20.7. The van der Waals surface area contributed by atoms with Gasteiger partial charge in [0.1, 0.15) is 17.2 Å². The van der Waals surface area contributed by atoms with E-state index in [2.05, 4.69) is 0 Å². The van der Waals surface area contributed by atoms with Crippen molar-refractivity contribution < 1.29 is 33.6 Å². The van der Waals surface area contributed by atoms with Gasteiger partial charge in [-0.15, -0.1) is 11.3 Å². The summed E-state index contributed by atoms with van der Waals surface area (Å²) < 4.78 is 5.34. The van der Waals surface area contributed by atoms with Crippen LogP contribution < -0.4 is 4.74 Å². The number of ether oxygens (including phenoxy) is 1. The summed E-state index contributed by atoms with van der Waals surface area (Å²) in [5, 5.41) is 14.6. The van der Waals surface area contributed by atoms with E-state index in [1.165, 1.54) is 47.7 Å². The van der Waals surface area contributed by atoms with E-state index in [-0.39, 0.29) is 34.4 Å². The Balaban J connectivity index is 1.16. The zero-order valence-corrected chi connectivity index (χ0v) is 23.2. The molecule has 0 N–H and O–H groups in total. The Morgan fingerprint density at radius 3 is 2.07 bits per heavy atom. The average molecular weight is 598 g/mol. The number of nitro groups is 1. The smallest absolute Gasteiger partial charge is 0.353 e. The SMILES string of the molecule is O=C(CN(C(=O)c1ccc([N+](=O)[O-])cc1)N1C(=O)[C@@H]2[C@H]3C=C[C@@H]([C@@H]4C[C@H]34)[C@H]2C1=O)c1ccc(OC(=O)c2cccs2)cc1. The lowest BCUT2D eigenvalue weighted by Gasteiger charge is -2.37. The summed E-state index contributed by atoms with van der Waals surface area (Å²) in [4.78, 5) is 78.1. The number of ketones is 1. The summed E-state index contributed by atoms with van der Waals surface area (Å²) in [6.45, 7) is -0.628. The number of amides is 3. The third-order valence-corrected chi connectivity index (χ3v) is 9.69. The molecule has 0 radical (unpaired) electrons. The van der Waals surface area contributed by atoms with Gasteiger partial charge in [0.15, 0.2) is 5.78 Å². The Labute approximate surface area is 248 Å². The van der Waals surface area contributed by atoms with Crippen LogP contribution in [0, 0.1) is 45.6 Å². The summed E-state index contributed by atoms with van der Waals surface area (Å²) in [6, 6.07) is 13.8. The minimum absolute atomic E-state index is 0.0198. The number of esters is 1. The molecule has 12 heteroatoms. The fourth-order valence-corrected chi connectivity index (χ4v) is 7.37. The van der Waals surface area contributed by atoms with Crippen molar-refractivity contribution in [2.24, 2.45) is 35.5 Å². The molecule has 4 aliphatic carbocycles. The van der Waals surface area contributed by atoms with E-state index in [0.717, 1.165) is 28.6 Å².